The van der Waals surface area contributed by atoms with Gasteiger partial charge < -0.3 is 4.90 Å². The molecular formula is C20H20Cl2N2O3S. The van der Waals surface area contributed by atoms with Gasteiger partial charge in [-0.05, 0) is 42.8 Å². The van der Waals surface area contributed by atoms with Gasteiger partial charge in [0, 0.05) is 42.3 Å². The molecule has 1 amide bonds. The van der Waals surface area contributed by atoms with E-state index in [1.807, 2.05) is 6.92 Å². The van der Waals surface area contributed by atoms with Crippen molar-refractivity contribution in [3.8, 4) is 0 Å². The Kier molecular flexibility index (Phi) is 6.45. The number of amides is 1. The number of sulfonamides is 1. The van der Waals surface area contributed by atoms with Crippen LogP contribution in [0.4, 0.5) is 0 Å². The van der Waals surface area contributed by atoms with Crippen LogP contribution in [0.5, 0.6) is 0 Å². The first-order chi connectivity index (χ1) is 13.3. The van der Waals surface area contributed by atoms with Crippen molar-refractivity contribution in [2.24, 2.45) is 0 Å². The summed E-state index contributed by atoms with van der Waals surface area (Å²) in [6.07, 6.45) is 3.08. The second-order valence-electron chi connectivity index (χ2n) is 6.54. The summed E-state index contributed by atoms with van der Waals surface area (Å²) in [5.74, 6) is -0.182. The Bertz CT molecular complexity index is 997. The lowest BCUT2D eigenvalue weighted by molar-refractivity contribution is -0.127. The topological polar surface area (TPSA) is 57.7 Å². The monoisotopic (exact) mass is 438 g/mol. The third-order valence-corrected chi connectivity index (χ3v) is 7.05. The normalized spacial score (nSPS) is 15.9. The van der Waals surface area contributed by atoms with Crippen molar-refractivity contribution in [3.05, 3.63) is 69.7 Å². The summed E-state index contributed by atoms with van der Waals surface area (Å²) >= 11 is 12.0. The predicted molar refractivity (Wildman–Crippen MR) is 112 cm³/mol. The SMILES string of the molecule is Cc1ccc(S(=O)(=O)N2CCN(C(=O)/C=C/c3ccc(Cl)cc3Cl)CC2)cc1. The minimum Gasteiger partial charge on any atom is -0.337 e. The second kappa shape index (κ2) is 8.66. The van der Waals surface area contributed by atoms with Crippen LogP contribution in [0.3, 0.4) is 0 Å². The minimum atomic E-state index is -3.55. The predicted octanol–water partition coefficient (Wildman–Crippen LogP) is 3.85. The van der Waals surface area contributed by atoms with Gasteiger partial charge in [-0.25, -0.2) is 8.42 Å². The zero-order valence-electron chi connectivity index (χ0n) is 15.3. The number of benzene rings is 2. The Morgan fingerprint density at radius 3 is 2.25 bits per heavy atom. The zero-order chi connectivity index (χ0) is 20.3. The summed E-state index contributed by atoms with van der Waals surface area (Å²) in [7, 11) is -3.55. The maximum atomic E-state index is 12.7. The van der Waals surface area contributed by atoms with E-state index >= 15 is 0 Å². The minimum absolute atomic E-state index is 0.182. The van der Waals surface area contributed by atoms with Crippen LogP contribution in [0.1, 0.15) is 11.1 Å². The number of hydrogen-bond acceptors (Lipinski definition) is 3. The van der Waals surface area contributed by atoms with E-state index in [9.17, 15) is 13.2 Å². The summed E-state index contributed by atoms with van der Waals surface area (Å²) in [4.78, 5) is 14.3. The molecule has 3 rings (SSSR count). The van der Waals surface area contributed by atoms with E-state index in [1.165, 1.54) is 10.4 Å². The Balaban J connectivity index is 1.62. The van der Waals surface area contributed by atoms with Gasteiger partial charge in [0.15, 0.2) is 0 Å². The molecule has 0 N–H and O–H groups in total. The highest BCUT2D eigenvalue weighted by Crippen LogP contribution is 2.22. The lowest BCUT2D eigenvalue weighted by atomic mass is 10.2. The van der Waals surface area contributed by atoms with Crippen LogP contribution in [-0.2, 0) is 14.8 Å². The van der Waals surface area contributed by atoms with E-state index in [2.05, 4.69) is 0 Å². The van der Waals surface area contributed by atoms with Crippen LogP contribution in [0.25, 0.3) is 6.08 Å². The van der Waals surface area contributed by atoms with Crippen molar-refractivity contribution in [2.75, 3.05) is 26.2 Å². The van der Waals surface area contributed by atoms with E-state index < -0.39 is 10.0 Å². The number of hydrogen-bond donors (Lipinski definition) is 0. The number of halogens is 2. The first kappa shape index (κ1) is 20.9. The Morgan fingerprint density at radius 2 is 1.64 bits per heavy atom. The van der Waals surface area contributed by atoms with Gasteiger partial charge in [0.05, 0.1) is 4.90 Å². The number of nitrogens with zero attached hydrogens (tertiary/aromatic N) is 2. The third-order valence-electron chi connectivity index (χ3n) is 4.58. The van der Waals surface area contributed by atoms with E-state index in [4.69, 9.17) is 23.2 Å². The number of rotatable bonds is 4. The molecular weight excluding hydrogens is 419 g/mol. The third kappa shape index (κ3) is 4.75. The summed E-state index contributed by atoms with van der Waals surface area (Å²) in [6, 6.07) is 11.8. The van der Waals surface area contributed by atoms with Crippen molar-refractivity contribution < 1.29 is 13.2 Å². The molecule has 1 aliphatic rings. The lowest BCUT2D eigenvalue weighted by Crippen LogP contribution is -2.50. The highest BCUT2D eigenvalue weighted by molar-refractivity contribution is 7.89. The van der Waals surface area contributed by atoms with Gasteiger partial charge in [-0.1, -0.05) is 47.0 Å². The van der Waals surface area contributed by atoms with Crippen LogP contribution in [0.15, 0.2) is 53.4 Å². The van der Waals surface area contributed by atoms with Crippen LogP contribution < -0.4 is 0 Å². The Hall–Kier alpha value is -1.86. The molecule has 148 valence electrons. The maximum absolute atomic E-state index is 12.7. The molecule has 0 spiro atoms. The van der Waals surface area contributed by atoms with Gasteiger partial charge in [-0.2, -0.15) is 4.31 Å². The van der Waals surface area contributed by atoms with E-state index in [-0.39, 0.29) is 23.9 Å². The van der Waals surface area contributed by atoms with Gasteiger partial charge in [0.25, 0.3) is 0 Å². The number of aryl methyl sites for hydroxylation is 1. The molecule has 0 aliphatic carbocycles. The molecule has 0 saturated carbocycles. The van der Waals surface area contributed by atoms with Crippen molar-refractivity contribution in [1.29, 1.82) is 0 Å². The second-order valence-corrected chi connectivity index (χ2v) is 9.32. The molecule has 5 nitrogen and oxygen atoms in total. The molecule has 1 saturated heterocycles. The molecule has 0 atom stereocenters. The Labute approximate surface area is 175 Å². The standard InChI is InChI=1S/C20H20Cl2N2O3S/c1-15-2-7-18(8-3-15)28(26,27)24-12-10-23(11-13-24)20(25)9-5-16-4-6-17(21)14-19(16)22/h2-9,14H,10-13H2,1H3/b9-5+. The number of carbonyl (C=O) groups excluding carboxylic acids is 1. The molecule has 0 aromatic heterocycles. The average Bonchev–Trinajstić information content (AvgIpc) is 2.67. The quantitative estimate of drug-likeness (QED) is 0.681. The highest BCUT2D eigenvalue weighted by Gasteiger charge is 2.29. The lowest BCUT2D eigenvalue weighted by Gasteiger charge is -2.33. The summed E-state index contributed by atoms with van der Waals surface area (Å²) in [5.41, 5.74) is 1.70. The highest BCUT2D eigenvalue weighted by atomic mass is 35.5. The van der Waals surface area contributed by atoms with Gasteiger partial charge >= 0.3 is 0 Å². The largest absolute Gasteiger partial charge is 0.337 e. The zero-order valence-corrected chi connectivity index (χ0v) is 17.6. The van der Waals surface area contributed by atoms with Gasteiger partial charge in [0.1, 0.15) is 0 Å². The van der Waals surface area contributed by atoms with Crippen molar-refractivity contribution in [2.45, 2.75) is 11.8 Å². The molecule has 2 aromatic carbocycles. The van der Waals surface area contributed by atoms with Gasteiger partial charge in [0.2, 0.25) is 15.9 Å². The van der Waals surface area contributed by atoms with Crippen LogP contribution in [0, 0.1) is 6.92 Å². The summed E-state index contributed by atoms with van der Waals surface area (Å²) in [6.45, 7) is 3.10. The molecule has 8 heteroatoms. The fourth-order valence-corrected chi connectivity index (χ4v) is 4.80. The number of carbonyl (C=O) groups is 1. The maximum Gasteiger partial charge on any atom is 0.246 e. The molecule has 2 aromatic rings. The Morgan fingerprint density at radius 1 is 1.00 bits per heavy atom. The molecule has 0 bridgehead atoms. The number of piperazine rings is 1. The van der Waals surface area contributed by atoms with E-state index in [1.54, 1.807) is 53.4 Å². The van der Waals surface area contributed by atoms with Crippen LogP contribution in [0.2, 0.25) is 10.0 Å². The molecule has 0 unspecified atom stereocenters. The average molecular weight is 439 g/mol. The van der Waals surface area contributed by atoms with Gasteiger partial charge in [-0.15, -0.1) is 0 Å². The molecule has 1 aliphatic heterocycles. The fourth-order valence-electron chi connectivity index (χ4n) is 2.91. The van der Waals surface area contributed by atoms with Gasteiger partial charge in [-0.3, -0.25) is 4.79 Å². The first-order valence-corrected chi connectivity index (χ1v) is 11.0. The van der Waals surface area contributed by atoms with E-state index in [0.717, 1.165) is 5.56 Å². The molecule has 28 heavy (non-hydrogen) atoms. The van der Waals surface area contributed by atoms with E-state index in [0.29, 0.717) is 28.7 Å². The van der Waals surface area contributed by atoms with Crippen LogP contribution in [-0.4, -0.2) is 49.7 Å². The fraction of sp³-hybridized carbons (Fsp3) is 0.250. The molecule has 1 fully saturated rings. The summed E-state index contributed by atoms with van der Waals surface area (Å²) < 4.78 is 26.9. The first-order valence-electron chi connectivity index (χ1n) is 8.76. The molecule has 0 radical (unpaired) electrons. The summed E-state index contributed by atoms with van der Waals surface area (Å²) in [5, 5.41) is 0.991. The smallest absolute Gasteiger partial charge is 0.246 e. The van der Waals surface area contributed by atoms with Crippen molar-refractivity contribution in [3.63, 3.8) is 0 Å². The molecule has 1 heterocycles. The van der Waals surface area contributed by atoms with Crippen LogP contribution >= 0.6 is 23.2 Å². The van der Waals surface area contributed by atoms with Crippen molar-refractivity contribution >= 4 is 45.2 Å². The van der Waals surface area contributed by atoms with Crippen molar-refractivity contribution in [1.82, 2.24) is 9.21 Å².